The van der Waals surface area contributed by atoms with Crippen LogP contribution in [0.1, 0.15) is 52.7 Å². The first-order valence-electron chi connectivity index (χ1n) is 8.06. The largest absolute Gasteiger partial charge is 0.196 e. The number of rotatable bonds is 1. The van der Waals surface area contributed by atoms with Crippen LogP contribution in [-0.4, -0.2) is 4.68 Å². The van der Waals surface area contributed by atoms with Crippen LogP contribution in [0.2, 0.25) is 0 Å². The Morgan fingerprint density at radius 2 is 1.13 bits per heavy atom. The zero-order valence-electron chi connectivity index (χ0n) is 14.8. The highest BCUT2D eigenvalue weighted by atomic mass is 16.3. The van der Waals surface area contributed by atoms with Gasteiger partial charge < -0.3 is 0 Å². The molecule has 0 saturated heterocycles. The summed E-state index contributed by atoms with van der Waals surface area (Å²) in [4.78, 5) is 11.4. The molecule has 0 amide bonds. The Hall–Kier alpha value is -2.16. The summed E-state index contributed by atoms with van der Waals surface area (Å²) >= 11 is 0. The van der Waals surface area contributed by atoms with Gasteiger partial charge in [-0.2, -0.15) is 4.68 Å². The average molecular weight is 308 g/mol. The molecule has 1 aromatic heterocycles. The lowest BCUT2D eigenvalue weighted by Gasteiger charge is -2.19. The Balaban J connectivity index is 2.42. The van der Waals surface area contributed by atoms with Crippen molar-refractivity contribution in [1.29, 1.82) is 0 Å². The topological polar surface area (TPSA) is 34.4 Å². The molecule has 0 aliphatic heterocycles. The quantitative estimate of drug-likeness (QED) is 0.514. The number of hydrogen-bond acceptors (Lipinski definition) is 2. The molecule has 0 radical (unpaired) electrons. The standard InChI is InChI=1S/C20H24N2O/c1-19(2,3)13-7-9-17-15(11-13)16-12-14(20(4,5)6)8-10-18(16)22(17)21-23/h7-12H,1-6H3. The molecule has 0 unspecified atom stereocenters. The molecule has 3 nitrogen and oxygen atoms in total. The molecule has 0 saturated carbocycles. The molecule has 0 N–H and O–H groups in total. The lowest BCUT2D eigenvalue weighted by Crippen LogP contribution is -2.10. The third-order valence-corrected chi connectivity index (χ3v) is 4.55. The van der Waals surface area contributed by atoms with Crippen molar-refractivity contribution in [2.24, 2.45) is 5.29 Å². The molecule has 120 valence electrons. The predicted octanol–water partition coefficient (Wildman–Crippen LogP) is 5.92. The minimum atomic E-state index is 0.0683. The Kier molecular flexibility index (Phi) is 3.36. The monoisotopic (exact) mass is 308 g/mol. The highest BCUT2D eigenvalue weighted by Crippen LogP contribution is 2.35. The zero-order valence-corrected chi connectivity index (χ0v) is 14.8. The second-order valence-corrected chi connectivity index (χ2v) is 8.36. The third kappa shape index (κ3) is 2.54. The maximum atomic E-state index is 11.4. The molecule has 23 heavy (non-hydrogen) atoms. The molecule has 0 fully saturated rings. The first-order chi connectivity index (χ1) is 10.6. The number of nitroso groups, excluding NO2 is 1. The number of nitrogens with zero attached hydrogens (tertiary/aromatic N) is 2. The van der Waals surface area contributed by atoms with Gasteiger partial charge in [-0.25, -0.2) is 0 Å². The first kappa shape index (κ1) is 15.7. The van der Waals surface area contributed by atoms with Crippen LogP contribution in [0, 0.1) is 4.91 Å². The molecule has 3 aromatic rings. The van der Waals surface area contributed by atoms with Crippen molar-refractivity contribution in [2.75, 3.05) is 0 Å². The first-order valence-corrected chi connectivity index (χ1v) is 8.06. The van der Waals surface area contributed by atoms with Crippen molar-refractivity contribution in [3.8, 4) is 0 Å². The minimum Gasteiger partial charge on any atom is -0.196 e. The molecule has 0 atom stereocenters. The van der Waals surface area contributed by atoms with Gasteiger partial charge in [0.05, 0.1) is 16.3 Å². The number of fused-ring (bicyclic) bond motifs is 3. The van der Waals surface area contributed by atoms with Gasteiger partial charge in [-0.15, -0.1) is 4.91 Å². The van der Waals surface area contributed by atoms with Gasteiger partial charge in [0.25, 0.3) is 0 Å². The van der Waals surface area contributed by atoms with Crippen LogP contribution >= 0.6 is 0 Å². The Labute approximate surface area is 137 Å². The molecule has 2 aromatic carbocycles. The Morgan fingerprint density at radius 3 is 1.43 bits per heavy atom. The van der Waals surface area contributed by atoms with Crippen molar-refractivity contribution in [1.82, 2.24) is 4.68 Å². The van der Waals surface area contributed by atoms with E-state index in [0.29, 0.717) is 0 Å². The minimum absolute atomic E-state index is 0.0683. The SMILES string of the molecule is CC(C)(C)c1ccc2c(c1)c1cc(C(C)(C)C)ccc1n2N=O. The van der Waals surface area contributed by atoms with E-state index in [9.17, 15) is 4.91 Å². The average Bonchev–Trinajstić information content (AvgIpc) is 2.77. The fourth-order valence-electron chi connectivity index (χ4n) is 3.02. The van der Waals surface area contributed by atoms with Crippen molar-refractivity contribution in [3.05, 3.63) is 52.4 Å². The fraction of sp³-hybridized carbons (Fsp3) is 0.400. The molecule has 1 heterocycles. The third-order valence-electron chi connectivity index (χ3n) is 4.55. The van der Waals surface area contributed by atoms with Gasteiger partial charge in [-0.05, 0) is 46.2 Å². The summed E-state index contributed by atoms with van der Waals surface area (Å²) in [5.41, 5.74) is 4.40. The Morgan fingerprint density at radius 1 is 0.739 bits per heavy atom. The molecule has 3 rings (SSSR count). The van der Waals surface area contributed by atoms with E-state index in [2.05, 4.69) is 71.1 Å². The van der Waals surface area contributed by atoms with Gasteiger partial charge in [-0.1, -0.05) is 53.7 Å². The molecule has 3 heteroatoms. The molecule has 0 bridgehead atoms. The van der Waals surface area contributed by atoms with E-state index in [1.807, 2.05) is 12.1 Å². The lowest BCUT2D eigenvalue weighted by molar-refractivity contribution is 0.590. The molecule has 0 aliphatic rings. The van der Waals surface area contributed by atoms with Crippen LogP contribution in [0.3, 0.4) is 0 Å². The molecule has 0 spiro atoms. The lowest BCUT2D eigenvalue weighted by atomic mass is 9.85. The van der Waals surface area contributed by atoms with Crippen LogP contribution in [-0.2, 0) is 10.8 Å². The Bertz CT molecular complexity index is 834. The molecule has 0 aliphatic carbocycles. The highest BCUT2D eigenvalue weighted by molar-refractivity contribution is 6.08. The van der Waals surface area contributed by atoms with Gasteiger partial charge in [0.15, 0.2) is 0 Å². The number of benzene rings is 2. The highest BCUT2D eigenvalue weighted by Gasteiger charge is 2.20. The summed E-state index contributed by atoms with van der Waals surface area (Å²) in [5.74, 6) is 0. The summed E-state index contributed by atoms with van der Waals surface area (Å²) in [6.45, 7) is 13.2. The van der Waals surface area contributed by atoms with Gasteiger partial charge in [0.1, 0.15) is 0 Å². The number of aromatic nitrogens is 1. The number of hydrogen-bond donors (Lipinski definition) is 0. The van der Waals surface area contributed by atoms with E-state index < -0.39 is 0 Å². The summed E-state index contributed by atoms with van der Waals surface area (Å²) in [7, 11) is 0. The van der Waals surface area contributed by atoms with Crippen LogP contribution < -0.4 is 0 Å². The van der Waals surface area contributed by atoms with E-state index in [4.69, 9.17) is 0 Å². The van der Waals surface area contributed by atoms with Gasteiger partial charge in [0.2, 0.25) is 0 Å². The fourth-order valence-corrected chi connectivity index (χ4v) is 3.02. The van der Waals surface area contributed by atoms with E-state index >= 15 is 0 Å². The van der Waals surface area contributed by atoms with Crippen molar-refractivity contribution in [3.63, 3.8) is 0 Å². The van der Waals surface area contributed by atoms with Crippen molar-refractivity contribution in [2.45, 2.75) is 52.4 Å². The molecular formula is C20H24N2O. The van der Waals surface area contributed by atoms with Crippen LogP contribution in [0.15, 0.2) is 41.7 Å². The van der Waals surface area contributed by atoms with Crippen LogP contribution in [0.4, 0.5) is 0 Å². The summed E-state index contributed by atoms with van der Waals surface area (Å²) in [6.07, 6.45) is 0. The van der Waals surface area contributed by atoms with Crippen LogP contribution in [0.5, 0.6) is 0 Å². The van der Waals surface area contributed by atoms with Gasteiger partial charge >= 0.3 is 0 Å². The normalized spacial score (nSPS) is 13.0. The second-order valence-electron chi connectivity index (χ2n) is 8.36. The summed E-state index contributed by atoms with van der Waals surface area (Å²) < 4.78 is 1.50. The zero-order chi connectivity index (χ0) is 17.0. The second kappa shape index (κ2) is 4.92. The summed E-state index contributed by atoms with van der Waals surface area (Å²) in [6, 6.07) is 12.6. The summed E-state index contributed by atoms with van der Waals surface area (Å²) in [5, 5.41) is 5.43. The van der Waals surface area contributed by atoms with Crippen LogP contribution in [0.25, 0.3) is 21.8 Å². The van der Waals surface area contributed by atoms with Crippen molar-refractivity contribution >= 4 is 21.8 Å². The predicted molar refractivity (Wildman–Crippen MR) is 98.0 cm³/mol. The smallest absolute Gasteiger partial charge is 0.0764 e. The van der Waals surface area contributed by atoms with Crippen molar-refractivity contribution < 1.29 is 0 Å². The van der Waals surface area contributed by atoms with E-state index in [-0.39, 0.29) is 10.8 Å². The maximum absolute atomic E-state index is 11.4. The maximum Gasteiger partial charge on any atom is 0.0764 e. The molecular weight excluding hydrogens is 284 g/mol. The van der Waals surface area contributed by atoms with E-state index in [1.54, 1.807) is 0 Å². The van der Waals surface area contributed by atoms with E-state index in [0.717, 1.165) is 21.8 Å². The van der Waals surface area contributed by atoms with E-state index in [1.165, 1.54) is 15.8 Å². The van der Waals surface area contributed by atoms with Gasteiger partial charge in [0, 0.05) is 10.8 Å². The van der Waals surface area contributed by atoms with Gasteiger partial charge in [-0.3, -0.25) is 0 Å².